The lowest BCUT2D eigenvalue weighted by atomic mass is 10.3. The Bertz CT molecular complexity index is 478. The number of aromatic nitrogens is 2. The Balaban J connectivity index is 2.18. The van der Waals surface area contributed by atoms with Crippen molar-refractivity contribution in [1.29, 1.82) is 0 Å². The number of hydrogen-bond acceptors (Lipinski definition) is 6. The van der Waals surface area contributed by atoms with Crippen molar-refractivity contribution in [2.24, 2.45) is 0 Å². The van der Waals surface area contributed by atoms with Gasteiger partial charge >= 0.3 is 0 Å². The van der Waals surface area contributed by atoms with Crippen LogP contribution >= 0.6 is 11.3 Å². The SMILES string of the molecule is COc1nc2sccn2c1CNC(CO)CO. The van der Waals surface area contributed by atoms with Gasteiger partial charge in [0.05, 0.1) is 26.4 Å². The third-order valence-electron chi connectivity index (χ3n) is 2.52. The van der Waals surface area contributed by atoms with Crippen molar-refractivity contribution in [2.75, 3.05) is 20.3 Å². The van der Waals surface area contributed by atoms with Gasteiger partial charge in [-0.25, -0.2) is 0 Å². The van der Waals surface area contributed by atoms with Crippen LogP contribution in [0.2, 0.25) is 0 Å². The van der Waals surface area contributed by atoms with Crippen molar-refractivity contribution in [3.8, 4) is 5.88 Å². The molecule has 0 spiro atoms. The van der Waals surface area contributed by atoms with Crippen molar-refractivity contribution in [1.82, 2.24) is 14.7 Å². The van der Waals surface area contributed by atoms with Crippen LogP contribution in [0.25, 0.3) is 4.96 Å². The van der Waals surface area contributed by atoms with E-state index in [9.17, 15) is 0 Å². The van der Waals surface area contributed by atoms with E-state index < -0.39 is 0 Å². The molecule has 2 aromatic rings. The van der Waals surface area contributed by atoms with Gasteiger partial charge in [-0.1, -0.05) is 0 Å². The second kappa shape index (κ2) is 5.46. The highest BCUT2D eigenvalue weighted by Crippen LogP contribution is 2.22. The van der Waals surface area contributed by atoms with Gasteiger partial charge in [-0.2, -0.15) is 4.98 Å². The summed E-state index contributed by atoms with van der Waals surface area (Å²) in [6.07, 6.45) is 1.92. The third-order valence-corrected chi connectivity index (χ3v) is 3.27. The molecule has 0 aromatic carbocycles. The second-order valence-corrected chi connectivity index (χ2v) is 4.44. The molecule has 2 heterocycles. The molecule has 0 aliphatic carbocycles. The Kier molecular flexibility index (Phi) is 3.95. The van der Waals surface area contributed by atoms with Gasteiger partial charge in [-0.3, -0.25) is 4.40 Å². The first-order chi connectivity index (χ1) is 8.30. The first-order valence-electron chi connectivity index (χ1n) is 5.23. The van der Waals surface area contributed by atoms with Crippen LogP contribution in [0, 0.1) is 0 Å². The van der Waals surface area contributed by atoms with E-state index in [1.54, 1.807) is 7.11 Å². The zero-order valence-corrected chi connectivity index (χ0v) is 10.3. The molecule has 0 aliphatic heterocycles. The summed E-state index contributed by atoms with van der Waals surface area (Å²) in [4.78, 5) is 5.18. The van der Waals surface area contributed by atoms with Crippen LogP contribution < -0.4 is 10.1 Å². The Morgan fingerprint density at radius 3 is 2.94 bits per heavy atom. The molecule has 0 amide bonds. The highest BCUT2D eigenvalue weighted by molar-refractivity contribution is 7.15. The predicted octanol–water partition coefficient (Wildman–Crippen LogP) is -0.153. The molecule has 0 saturated carbocycles. The molecule has 94 valence electrons. The number of fused-ring (bicyclic) bond motifs is 1. The molecule has 7 heteroatoms. The molecule has 0 atom stereocenters. The summed E-state index contributed by atoms with van der Waals surface area (Å²) in [6, 6.07) is -0.330. The van der Waals surface area contributed by atoms with Crippen molar-refractivity contribution in [2.45, 2.75) is 12.6 Å². The predicted molar refractivity (Wildman–Crippen MR) is 64.4 cm³/mol. The maximum Gasteiger partial charge on any atom is 0.237 e. The average Bonchev–Trinajstić information content (AvgIpc) is 2.91. The minimum absolute atomic E-state index is 0.107. The van der Waals surface area contributed by atoms with Crippen LogP contribution in [0.1, 0.15) is 5.69 Å². The smallest absolute Gasteiger partial charge is 0.237 e. The van der Waals surface area contributed by atoms with E-state index in [4.69, 9.17) is 14.9 Å². The molecule has 3 N–H and O–H groups in total. The van der Waals surface area contributed by atoms with Gasteiger partial charge in [0.1, 0.15) is 5.69 Å². The van der Waals surface area contributed by atoms with Gasteiger partial charge in [0.25, 0.3) is 0 Å². The van der Waals surface area contributed by atoms with Crippen LogP contribution in [-0.4, -0.2) is 46.0 Å². The van der Waals surface area contributed by atoms with Crippen molar-refractivity contribution in [3.05, 3.63) is 17.3 Å². The molecule has 2 aromatic heterocycles. The van der Waals surface area contributed by atoms with E-state index in [-0.39, 0.29) is 19.3 Å². The first-order valence-corrected chi connectivity index (χ1v) is 6.11. The Hall–Kier alpha value is -1.15. The summed E-state index contributed by atoms with van der Waals surface area (Å²) in [6.45, 7) is 0.266. The molecular formula is C10H15N3O3S. The highest BCUT2D eigenvalue weighted by Gasteiger charge is 2.14. The van der Waals surface area contributed by atoms with Crippen molar-refractivity contribution >= 4 is 16.3 Å². The number of methoxy groups -OCH3 is 1. The highest BCUT2D eigenvalue weighted by atomic mass is 32.1. The molecule has 2 rings (SSSR count). The van der Waals surface area contributed by atoms with Crippen molar-refractivity contribution < 1.29 is 14.9 Å². The Labute approximate surface area is 102 Å². The van der Waals surface area contributed by atoms with Gasteiger partial charge < -0.3 is 20.3 Å². The molecule has 0 saturated heterocycles. The largest absolute Gasteiger partial charge is 0.480 e. The lowest BCUT2D eigenvalue weighted by Gasteiger charge is -2.13. The Morgan fingerprint density at radius 2 is 2.29 bits per heavy atom. The fraction of sp³-hybridized carbons (Fsp3) is 0.500. The van der Waals surface area contributed by atoms with Crippen LogP contribution in [0.3, 0.4) is 0 Å². The van der Waals surface area contributed by atoms with Crippen LogP contribution in [0.5, 0.6) is 5.88 Å². The summed E-state index contributed by atoms with van der Waals surface area (Å²) in [7, 11) is 1.57. The molecule has 0 radical (unpaired) electrons. The van der Waals surface area contributed by atoms with E-state index in [2.05, 4.69) is 10.3 Å². The topological polar surface area (TPSA) is 79.0 Å². The Morgan fingerprint density at radius 1 is 1.53 bits per heavy atom. The van der Waals surface area contributed by atoms with Crippen LogP contribution in [0.15, 0.2) is 11.6 Å². The number of nitrogens with zero attached hydrogens (tertiary/aromatic N) is 2. The summed E-state index contributed by atoms with van der Waals surface area (Å²) < 4.78 is 7.13. The van der Waals surface area contributed by atoms with Gasteiger partial charge in [0.2, 0.25) is 5.88 Å². The van der Waals surface area contributed by atoms with Gasteiger partial charge in [0.15, 0.2) is 4.96 Å². The van der Waals surface area contributed by atoms with Crippen LogP contribution in [0.4, 0.5) is 0 Å². The molecule has 0 aliphatic rings. The van der Waals surface area contributed by atoms with Crippen LogP contribution in [-0.2, 0) is 6.54 Å². The lowest BCUT2D eigenvalue weighted by Crippen LogP contribution is -2.35. The number of aliphatic hydroxyl groups is 2. The number of nitrogens with one attached hydrogen (secondary N) is 1. The third kappa shape index (κ3) is 2.42. The summed E-state index contributed by atoms with van der Waals surface area (Å²) in [5.41, 5.74) is 0.885. The minimum Gasteiger partial charge on any atom is -0.480 e. The lowest BCUT2D eigenvalue weighted by molar-refractivity contribution is 0.169. The van der Waals surface area contributed by atoms with E-state index in [1.807, 2.05) is 16.0 Å². The normalized spacial score (nSPS) is 11.5. The second-order valence-electron chi connectivity index (χ2n) is 3.57. The zero-order valence-electron chi connectivity index (χ0n) is 9.46. The fourth-order valence-corrected chi connectivity index (χ4v) is 2.29. The van der Waals surface area contributed by atoms with Gasteiger partial charge in [-0.05, 0) is 0 Å². The standard InChI is InChI=1S/C10H15N3O3S/c1-16-9-8(4-11-7(5-14)6-15)13-2-3-17-10(13)12-9/h2-3,7,11,14-15H,4-6H2,1H3. The summed E-state index contributed by atoms with van der Waals surface area (Å²) in [5, 5.41) is 22.9. The number of thiazole rings is 1. The van der Waals surface area contributed by atoms with Gasteiger partial charge in [-0.15, -0.1) is 11.3 Å². The monoisotopic (exact) mass is 257 g/mol. The summed E-state index contributed by atoms with van der Waals surface area (Å²) >= 11 is 1.53. The number of hydrogen-bond donors (Lipinski definition) is 3. The van der Waals surface area contributed by atoms with Crippen molar-refractivity contribution in [3.63, 3.8) is 0 Å². The summed E-state index contributed by atoms with van der Waals surface area (Å²) in [5.74, 6) is 0.568. The number of ether oxygens (including phenoxy) is 1. The minimum atomic E-state index is -0.330. The average molecular weight is 257 g/mol. The zero-order chi connectivity index (χ0) is 12.3. The number of imidazole rings is 1. The van der Waals surface area contributed by atoms with Gasteiger partial charge in [0, 0.05) is 18.1 Å². The number of aliphatic hydroxyl groups excluding tert-OH is 2. The molecule has 6 nitrogen and oxygen atoms in total. The quantitative estimate of drug-likeness (QED) is 0.670. The number of rotatable bonds is 6. The fourth-order valence-electron chi connectivity index (χ4n) is 1.56. The molecule has 17 heavy (non-hydrogen) atoms. The molecule has 0 fully saturated rings. The van der Waals surface area contributed by atoms with E-state index in [0.29, 0.717) is 12.4 Å². The van der Waals surface area contributed by atoms with E-state index in [0.717, 1.165) is 10.7 Å². The maximum atomic E-state index is 8.98. The molecule has 0 unspecified atom stereocenters. The first kappa shape index (κ1) is 12.3. The molecular weight excluding hydrogens is 242 g/mol. The van der Waals surface area contributed by atoms with E-state index in [1.165, 1.54) is 11.3 Å². The maximum absolute atomic E-state index is 8.98. The van der Waals surface area contributed by atoms with E-state index >= 15 is 0 Å². The molecule has 0 bridgehead atoms.